The first-order valence-electron chi connectivity index (χ1n) is 5.82. The first-order valence-corrected chi connectivity index (χ1v) is 5.82. The SMILES string of the molecule is COc1ccc(O)c(CNCCn2ccnc2)c1. The number of hydrogen-bond donors (Lipinski definition) is 2. The van der Waals surface area contributed by atoms with Crippen molar-refractivity contribution in [2.24, 2.45) is 0 Å². The molecule has 2 N–H and O–H groups in total. The quantitative estimate of drug-likeness (QED) is 0.757. The first kappa shape index (κ1) is 12.4. The van der Waals surface area contributed by atoms with Crippen LogP contribution in [0.3, 0.4) is 0 Å². The molecule has 0 amide bonds. The van der Waals surface area contributed by atoms with Crippen LogP contribution in [0.5, 0.6) is 11.5 Å². The van der Waals surface area contributed by atoms with E-state index in [1.54, 1.807) is 31.8 Å². The van der Waals surface area contributed by atoms with Gasteiger partial charge in [0.05, 0.1) is 13.4 Å². The molecule has 0 bridgehead atoms. The lowest BCUT2D eigenvalue weighted by Gasteiger charge is -2.09. The lowest BCUT2D eigenvalue weighted by atomic mass is 10.2. The van der Waals surface area contributed by atoms with Crippen molar-refractivity contribution in [2.45, 2.75) is 13.1 Å². The van der Waals surface area contributed by atoms with E-state index in [9.17, 15) is 5.11 Å². The van der Waals surface area contributed by atoms with E-state index in [-0.39, 0.29) is 5.75 Å². The van der Waals surface area contributed by atoms with E-state index in [1.165, 1.54) is 0 Å². The molecule has 1 heterocycles. The minimum Gasteiger partial charge on any atom is -0.508 e. The molecule has 0 aliphatic rings. The van der Waals surface area contributed by atoms with Crippen LogP contribution in [-0.4, -0.2) is 28.3 Å². The number of ether oxygens (including phenoxy) is 1. The third kappa shape index (κ3) is 3.24. The van der Waals surface area contributed by atoms with Crippen LogP contribution >= 0.6 is 0 Å². The lowest BCUT2D eigenvalue weighted by molar-refractivity contribution is 0.410. The van der Waals surface area contributed by atoms with E-state index in [4.69, 9.17) is 4.74 Å². The highest BCUT2D eigenvalue weighted by molar-refractivity contribution is 5.39. The van der Waals surface area contributed by atoms with Crippen molar-refractivity contribution in [2.75, 3.05) is 13.7 Å². The van der Waals surface area contributed by atoms with Crippen LogP contribution in [0.25, 0.3) is 0 Å². The summed E-state index contributed by atoms with van der Waals surface area (Å²) in [5.41, 5.74) is 0.833. The Morgan fingerprint density at radius 2 is 2.33 bits per heavy atom. The minimum atomic E-state index is 0.283. The molecule has 1 aromatic heterocycles. The van der Waals surface area contributed by atoms with Crippen molar-refractivity contribution < 1.29 is 9.84 Å². The van der Waals surface area contributed by atoms with Crippen LogP contribution in [0.2, 0.25) is 0 Å². The summed E-state index contributed by atoms with van der Waals surface area (Å²) in [5, 5.41) is 13.0. The van der Waals surface area contributed by atoms with Crippen LogP contribution in [-0.2, 0) is 13.1 Å². The molecule has 2 rings (SSSR count). The van der Waals surface area contributed by atoms with Crippen molar-refractivity contribution in [1.29, 1.82) is 0 Å². The second-order valence-corrected chi connectivity index (χ2v) is 3.97. The van der Waals surface area contributed by atoms with E-state index < -0.39 is 0 Å². The highest BCUT2D eigenvalue weighted by atomic mass is 16.5. The van der Waals surface area contributed by atoms with Crippen LogP contribution in [0, 0.1) is 0 Å². The second kappa shape index (κ2) is 6.07. The molecule has 0 spiro atoms. The number of phenolic OH excluding ortho intramolecular Hbond substituents is 1. The van der Waals surface area contributed by atoms with Crippen molar-refractivity contribution >= 4 is 0 Å². The average Bonchev–Trinajstić information content (AvgIpc) is 2.89. The molecule has 18 heavy (non-hydrogen) atoms. The fraction of sp³-hybridized carbons (Fsp3) is 0.308. The maximum atomic E-state index is 9.70. The predicted octanol–water partition coefficient (Wildman–Crippen LogP) is 1.39. The van der Waals surface area contributed by atoms with Crippen LogP contribution in [0.1, 0.15) is 5.56 Å². The molecule has 0 aliphatic heterocycles. The van der Waals surface area contributed by atoms with Crippen LogP contribution in [0.4, 0.5) is 0 Å². The van der Waals surface area contributed by atoms with Crippen LogP contribution < -0.4 is 10.1 Å². The van der Waals surface area contributed by atoms with Crippen molar-refractivity contribution in [3.63, 3.8) is 0 Å². The highest BCUT2D eigenvalue weighted by Crippen LogP contribution is 2.22. The molecule has 0 aliphatic carbocycles. The van der Waals surface area contributed by atoms with Gasteiger partial charge in [-0.1, -0.05) is 0 Å². The number of rotatable bonds is 6. The van der Waals surface area contributed by atoms with Crippen molar-refractivity contribution in [3.05, 3.63) is 42.5 Å². The first-order chi connectivity index (χ1) is 8.79. The van der Waals surface area contributed by atoms with Gasteiger partial charge in [-0.25, -0.2) is 4.98 Å². The zero-order valence-corrected chi connectivity index (χ0v) is 10.3. The van der Waals surface area contributed by atoms with Gasteiger partial charge in [0.15, 0.2) is 0 Å². The van der Waals surface area contributed by atoms with Gasteiger partial charge < -0.3 is 19.7 Å². The Morgan fingerprint density at radius 1 is 1.44 bits per heavy atom. The number of nitrogens with one attached hydrogen (secondary N) is 1. The largest absolute Gasteiger partial charge is 0.508 e. The van der Waals surface area contributed by atoms with Gasteiger partial charge in [-0.05, 0) is 18.2 Å². The van der Waals surface area contributed by atoms with Gasteiger partial charge in [0.2, 0.25) is 0 Å². The number of nitrogens with zero attached hydrogens (tertiary/aromatic N) is 2. The zero-order chi connectivity index (χ0) is 12.8. The number of hydrogen-bond acceptors (Lipinski definition) is 4. The molecule has 0 atom stereocenters. The lowest BCUT2D eigenvalue weighted by Crippen LogP contribution is -2.19. The van der Waals surface area contributed by atoms with Gasteiger partial charge in [0, 0.05) is 37.6 Å². The molecule has 0 saturated heterocycles. The Labute approximate surface area is 106 Å². The Hall–Kier alpha value is -2.01. The monoisotopic (exact) mass is 247 g/mol. The molecular formula is C13H17N3O2. The Bertz CT molecular complexity index is 483. The second-order valence-electron chi connectivity index (χ2n) is 3.97. The molecule has 96 valence electrons. The molecule has 0 saturated carbocycles. The smallest absolute Gasteiger partial charge is 0.120 e. The summed E-state index contributed by atoms with van der Waals surface area (Å²) in [7, 11) is 1.61. The van der Waals surface area contributed by atoms with Crippen LogP contribution in [0.15, 0.2) is 36.9 Å². The minimum absolute atomic E-state index is 0.283. The van der Waals surface area contributed by atoms with E-state index >= 15 is 0 Å². The number of methoxy groups -OCH3 is 1. The summed E-state index contributed by atoms with van der Waals surface area (Å²) in [4.78, 5) is 3.97. The molecule has 5 heteroatoms. The zero-order valence-electron chi connectivity index (χ0n) is 10.3. The maximum Gasteiger partial charge on any atom is 0.120 e. The number of benzene rings is 1. The summed E-state index contributed by atoms with van der Waals surface area (Å²) in [5.74, 6) is 1.03. The summed E-state index contributed by atoms with van der Waals surface area (Å²) in [6.07, 6.45) is 5.46. The third-order valence-electron chi connectivity index (χ3n) is 2.71. The summed E-state index contributed by atoms with van der Waals surface area (Å²) >= 11 is 0. The number of aromatic hydroxyl groups is 1. The number of aromatic nitrogens is 2. The molecule has 0 unspecified atom stereocenters. The number of imidazole rings is 1. The number of phenols is 1. The van der Waals surface area contributed by atoms with Crippen molar-refractivity contribution in [3.8, 4) is 11.5 Å². The van der Waals surface area contributed by atoms with Gasteiger partial charge >= 0.3 is 0 Å². The van der Waals surface area contributed by atoms with Crippen molar-refractivity contribution in [1.82, 2.24) is 14.9 Å². The standard InChI is InChI=1S/C13H17N3O2/c1-18-12-2-3-13(17)11(8-12)9-14-4-6-16-7-5-15-10-16/h2-3,5,7-8,10,14,17H,4,6,9H2,1H3. The summed E-state index contributed by atoms with van der Waals surface area (Å²) < 4.78 is 7.12. The average molecular weight is 247 g/mol. The summed E-state index contributed by atoms with van der Waals surface area (Å²) in [6, 6.07) is 5.22. The third-order valence-corrected chi connectivity index (χ3v) is 2.71. The Morgan fingerprint density at radius 3 is 3.06 bits per heavy atom. The normalized spacial score (nSPS) is 10.5. The fourth-order valence-corrected chi connectivity index (χ4v) is 1.68. The molecule has 0 fully saturated rings. The molecule has 1 aromatic carbocycles. The predicted molar refractivity (Wildman–Crippen MR) is 68.6 cm³/mol. The van der Waals surface area contributed by atoms with Gasteiger partial charge in [-0.2, -0.15) is 0 Å². The van der Waals surface area contributed by atoms with E-state index in [2.05, 4.69) is 10.3 Å². The maximum absolute atomic E-state index is 9.70. The fourth-order valence-electron chi connectivity index (χ4n) is 1.68. The van der Waals surface area contributed by atoms with Gasteiger partial charge in [0.1, 0.15) is 11.5 Å². The van der Waals surface area contributed by atoms with E-state index in [1.807, 2.05) is 16.8 Å². The van der Waals surface area contributed by atoms with E-state index in [0.717, 1.165) is 24.4 Å². The molecule has 2 aromatic rings. The molecular weight excluding hydrogens is 230 g/mol. The Kier molecular flexibility index (Phi) is 4.20. The van der Waals surface area contributed by atoms with Gasteiger partial charge in [0.25, 0.3) is 0 Å². The molecule has 5 nitrogen and oxygen atoms in total. The van der Waals surface area contributed by atoms with E-state index in [0.29, 0.717) is 6.54 Å². The highest BCUT2D eigenvalue weighted by Gasteiger charge is 2.02. The topological polar surface area (TPSA) is 59.3 Å². The van der Waals surface area contributed by atoms with Gasteiger partial charge in [-0.15, -0.1) is 0 Å². The molecule has 0 radical (unpaired) electrons. The Balaban J connectivity index is 1.82. The summed E-state index contributed by atoms with van der Waals surface area (Å²) in [6.45, 7) is 2.27. The van der Waals surface area contributed by atoms with Gasteiger partial charge in [-0.3, -0.25) is 0 Å².